The van der Waals surface area contributed by atoms with Crippen LogP contribution in [0.4, 0.5) is 5.69 Å². The van der Waals surface area contributed by atoms with Crippen LogP contribution in [0.3, 0.4) is 0 Å². The number of ether oxygens (including phenoxy) is 1. The van der Waals surface area contributed by atoms with Crippen LogP contribution in [0.1, 0.15) is 24.4 Å². The lowest BCUT2D eigenvalue weighted by Gasteiger charge is -2.27. The van der Waals surface area contributed by atoms with Crippen molar-refractivity contribution >= 4 is 23.2 Å². The molecular weight excluding hydrogens is 324 g/mol. The molecule has 0 aliphatic carbocycles. The molecule has 0 unspecified atom stereocenters. The van der Waals surface area contributed by atoms with Crippen molar-refractivity contribution in [2.45, 2.75) is 18.9 Å². The summed E-state index contributed by atoms with van der Waals surface area (Å²) in [5.74, 6) is 0.699. The van der Waals surface area contributed by atoms with E-state index in [1.807, 2.05) is 48.5 Å². The number of nitrogens with zero attached hydrogens (tertiary/aromatic N) is 1. The van der Waals surface area contributed by atoms with E-state index in [0.717, 1.165) is 42.9 Å². The van der Waals surface area contributed by atoms with Crippen LogP contribution < -0.4 is 10.1 Å². The standard InChI is InChI=1S/C19H21ClN2O2/c1-24-15-10-8-14(9-11-15)21-19(23)18(22-12-4-5-13-22)16-6-2-3-7-17(16)20/h2-3,6-11,18H,4-5,12-13H2,1H3,(H,21,23)/t18-/m0/s1. The molecule has 1 saturated heterocycles. The van der Waals surface area contributed by atoms with Crippen LogP contribution in [0.25, 0.3) is 0 Å². The quantitative estimate of drug-likeness (QED) is 0.887. The zero-order valence-corrected chi connectivity index (χ0v) is 14.4. The maximum Gasteiger partial charge on any atom is 0.246 e. The van der Waals surface area contributed by atoms with Gasteiger partial charge in [-0.25, -0.2) is 0 Å². The monoisotopic (exact) mass is 344 g/mol. The van der Waals surface area contributed by atoms with Gasteiger partial charge in [-0.15, -0.1) is 0 Å². The molecule has 126 valence electrons. The van der Waals surface area contributed by atoms with Gasteiger partial charge in [0.25, 0.3) is 0 Å². The first-order valence-corrected chi connectivity index (χ1v) is 8.50. The summed E-state index contributed by atoms with van der Waals surface area (Å²) in [4.78, 5) is 15.2. The lowest BCUT2D eigenvalue weighted by atomic mass is 10.0. The first-order valence-electron chi connectivity index (χ1n) is 8.12. The maximum atomic E-state index is 13.0. The molecule has 1 fully saturated rings. The van der Waals surface area contributed by atoms with Gasteiger partial charge in [-0.2, -0.15) is 0 Å². The van der Waals surface area contributed by atoms with Crippen molar-refractivity contribution in [2.24, 2.45) is 0 Å². The van der Waals surface area contributed by atoms with Gasteiger partial charge in [-0.3, -0.25) is 9.69 Å². The Bertz CT molecular complexity index is 697. The number of rotatable bonds is 5. The third kappa shape index (κ3) is 3.71. The van der Waals surface area contributed by atoms with Gasteiger partial charge in [0.2, 0.25) is 5.91 Å². The highest BCUT2D eigenvalue weighted by atomic mass is 35.5. The van der Waals surface area contributed by atoms with Gasteiger partial charge in [0.15, 0.2) is 0 Å². The first kappa shape index (κ1) is 16.8. The number of hydrogen-bond donors (Lipinski definition) is 1. The van der Waals surface area contributed by atoms with Gasteiger partial charge in [0.1, 0.15) is 11.8 Å². The Hall–Kier alpha value is -2.04. The van der Waals surface area contributed by atoms with Crippen molar-refractivity contribution in [2.75, 3.05) is 25.5 Å². The largest absolute Gasteiger partial charge is 0.497 e. The lowest BCUT2D eigenvalue weighted by molar-refractivity contribution is -0.121. The van der Waals surface area contributed by atoms with E-state index in [1.54, 1.807) is 7.11 Å². The van der Waals surface area contributed by atoms with Crippen molar-refractivity contribution in [1.82, 2.24) is 4.90 Å². The Morgan fingerprint density at radius 2 is 1.79 bits per heavy atom. The highest BCUT2D eigenvalue weighted by Gasteiger charge is 2.31. The molecule has 1 amide bonds. The number of carbonyl (C=O) groups excluding carboxylic acids is 1. The average molecular weight is 345 g/mol. The fourth-order valence-corrected chi connectivity index (χ4v) is 3.32. The number of halogens is 1. The summed E-state index contributed by atoms with van der Waals surface area (Å²) >= 11 is 6.36. The molecule has 0 spiro atoms. The zero-order valence-electron chi connectivity index (χ0n) is 13.7. The van der Waals surface area contributed by atoms with Gasteiger partial charge in [0.05, 0.1) is 7.11 Å². The molecule has 5 heteroatoms. The number of hydrogen-bond acceptors (Lipinski definition) is 3. The molecule has 0 saturated carbocycles. The van der Waals surface area contributed by atoms with E-state index < -0.39 is 0 Å². The molecule has 3 rings (SSSR count). The number of likely N-dealkylation sites (tertiary alicyclic amines) is 1. The van der Waals surface area contributed by atoms with Gasteiger partial charge >= 0.3 is 0 Å². The highest BCUT2D eigenvalue weighted by molar-refractivity contribution is 6.31. The molecule has 1 heterocycles. The second-order valence-electron chi connectivity index (χ2n) is 5.88. The number of amides is 1. The van der Waals surface area contributed by atoms with E-state index in [-0.39, 0.29) is 11.9 Å². The minimum Gasteiger partial charge on any atom is -0.497 e. The summed E-state index contributed by atoms with van der Waals surface area (Å²) in [5.41, 5.74) is 1.60. The number of benzene rings is 2. The first-order chi connectivity index (χ1) is 11.7. The SMILES string of the molecule is COc1ccc(NC(=O)[C@H](c2ccccc2Cl)N2CCCC2)cc1. The summed E-state index contributed by atoms with van der Waals surface area (Å²) in [7, 11) is 1.62. The summed E-state index contributed by atoms with van der Waals surface area (Å²) in [6.45, 7) is 1.82. The fourth-order valence-electron chi connectivity index (χ4n) is 3.09. The minimum absolute atomic E-state index is 0.0600. The molecule has 24 heavy (non-hydrogen) atoms. The molecule has 1 aliphatic heterocycles. The normalized spacial score (nSPS) is 15.9. The fraction of sp³-hybridized carbons (Fsp3) is 0.316. The van der Waals surface area contributed by atoms with E-state index in [9.17, 15) is 4.79 Å². The van der Waals surface area contributed by atoms with Crippen LogP contribution in [0.2, 0.25) is 5.02 Å². The predicted molar refractivity (Wildman–Crippen MR) is 96.6 cm³/mol. The molecule has 1 aliphatic rings. The summed E-state index contributed by atoms with van der Waals surface area (Å²) in [6.07, 6.45) is 2.22. The third-order valence-electron chi connectivity index (χ3n) is 4.31. The maximum absolute atomic E-state index is 13.0. The van der Waals surface area contributed by atoms with Crippen LogP contribution in [0, 0.1) is 0 Å². The van der Waals surface area contributed by atoms with E-state index >= 15 is 0 Å². The van der Waals surface area contributed by atoms with Crippen LogP contribution in [0.5, 0.6) is 5.75 Å². The molecule has 0 radical (unpaired) electrons. The van der Waals surface area contributed by atoms with Crippen LogP contribution in [-0.4, -0.2) is 31.0 Å². The van der Waals surface area contributed by atoms with Crippen molar-refractivity contribution in [3.63, 3.8) is 0 Å². The number of nitrogens with one attached hydrogen (secondary N) is 1. The van der Waals surface area contributed by atoms with Gasteiger partial charge in [0, 0.05) is 10.7 Å². The van der Waals surface area contributed by atoms with Crippen molar-refractivity contribution in [1.29, 1.82) is 0 Å². The molecule has 4 nitrogen and oxygen atoms in total. The van der Waals surface area contributed by atoms with E-state index in [4.69, 9.17) is 16.3 Å². The molecule has 1 atom stereocenters. The number of carbonyl (C=O) groups is 1. The Balaban J connectivity index is 1.84. The number of methoxy groups -OCH3 is 1. The molecular formula is C19H21ClN2O2. The van der Waals surface area contributed by atoms with Gasteiger partial charge < -0.3 is 10.1 Å². The summed E-state index contributed by atoms with van der Waals surface area (Å²) in [6, 6.07) is 14.5. The van der Waals surface area contributed by atoms with E-state index in [1.165, 1.54) is 0 Å². The van der Waals surface area contributed by atoms with E-state index in [2.05, 4.69) is 10.2 Å². The van der Waals surface area contributed by atoms with Crippen molar-refractivity contribution in [3.05, 3.63) is 59.1 Å². The zero-order chi connectivity index (χ0) is 16.9. The average Bonchev–Trinajstić information content (AvgIpc) is 3.12. The molecule has 1 N–H and O–H groups in total. The second kappa shape index (κ2) is 7.69. The Kier molecular flexibility index (Phi) is 5.38. The van der Waals surface area contributed by atoms with Crippen molar-refractivity contribution in [3.8, 4) is 5.75 Å². The van der Waals surface area contributed by atoms with Crippen LogP contribution in [-0.2, 0) is 4.79 Å². The Labute approximate surface area is 147 Å². The summed E-state index contributed by atoms with van der Waals surface area (Å²) < 4.78 is 5.15. The van der Waals surface area contributed by atoms with Gasteiger partial charge in [-0.1, -0.05) is 29.8 Å². The highest BCUT2D eigenvalue weighted by Crippen LogP contribution is 2.31. The lowest BCUT2D eigenvalue weighted by Crippen LogP contribution is -2.35. The topological polar surface area (TPSA) is 41.6 Å². The molecule has 0 aromatic heterocycles. The Morgan fingerprint density at radius 1 is 1.12 bits per heavy atom. The number of anilines is 1. The van der Waals surface area contributed by atoms with E-state index in [0.29, 0.717) is 5.02 Å². The molecule has 0 bridgehead atoms. The smallest absolute Gasteiger partial charge is 0.246 e. The van der Waals surface area contributed by atoms with Crippen LogP contribution >= 0.6 is 11.6 Å². The predicted octanol–water partition coefficient (Wildman–Crippen LogP) is 4.12. The van der Waals surface area contributed by atoms with Crippen molar-refractivity contribution < 1.29 is 9.53 Å². The van der Waals surface area contributed by atoms with Gasteiger partial charge in [-0.05, 0) is 61.8 Å². The summed E-state index contributed by atoms with van der Waals surface area (Å²) in [5, 5.41) is 3.63. The van der Waals surface area contributed by atoms with Crippen LogP contribution in [0.15, 0.2) is 48.5 Å². The third-order valence-corrected chi connectivity index (χ3v) is 4.66. The minimum atomic E-state index is -0.372. The molecule has 2 aromatic carbocycles. The second-order valence-corrected chi connectivity index (χ2v) is 6.29. The molecule has 2 aromatic rings. The Morgan fingerprint density at radius 3 is 2.42 bits per heavy atom.